The number of hydrogen-bond acceptors (Lipinski definition) is 4. The second-order valence-corrected chi connectivity index (χ2v) is 5.72. The fraction of sp³-hybridized carbons (Fsp3) is 0.353. The van der Waals surface area contributed by atoms with Crippen molar-refractivity contribution in [2.45, 2.75) is 25.3 Å². The van der Waals surface area contributed by atoms with Gasteiger partial charge < -0.3 is 15.0 Å². The summed E-state index contributed by atoms with van der Waals surface area (Å²) in [5.74, 6) is -0.0464. The van der Waals surface area contributed by atoms with Gasteiger partial charge in [-0.15, -0.1) is 0 Å². The maximum absolute atomic E-state index is 12.6. The first kappa shape index (κ1) is 15.4. The number of aliphatic hydroxyl groups is 1. The monoisotopic (exact) mass is 313 g/mol. The Kier molecular flexibility index (Phi) is 4.52. The van der Waals surface area contributed by atoms with Crippen LogP contribution in [0.15, 0.2) is 41.5 Å². The summed E-state index contributed by atoms with van der Waals surface area (Å²) in [6.45, 7) is 0.697. The number of hydrogen-bond donors (Lipinski definition) is 2. The molecule has 2 aromatic rings. The maximum Gasteiger partial charge on any atom is 0.344 e. The summed E-state index contributed by atoms with van der Waals surface area (Å²) in [6, 6.07) is 7.12. The molecule has 3 rings (SSSR count). The fourth-order valence-electron chi connectivity index (χ4n) is 2.93. The molecule has 6 heteroatoms. The van der Waals surface area contributed by atoms with E-state index in [1.807, 2.05) is 12.1 Å². The average Bonchev–Trinajstić information content (AvgIpc) is 2.62. The van der Waals surface area contributed by atoms with Crippen molar-refractivity contribution in [1.82, 2.24) is 14.9 Å². The minimum absolute atomic E-state index is 0.00682. The molecule has 1 aromatic heterocycles. The minimum Gasteiger partial charge on any atom is -0.394 e. The number of nitrogens with one attached hydrogen (secondary N) is 1. The summed E-state index contributed by atoms with van der Waals surface area (Å²) < 4.78 is 0. The van der Waals surface area contributed by atoms with Crippen molar-refractivity contribution in [2.75, 3.05) is 13.2 Å². The Morgan fingerprint density at radius 3 is 2.70 bits per heavy atom. The Labute approximate surface area is 133 Å². The SMILES string of the molecule is O=C(c1ccc(-c2cnc(=O)[nH]c2)cc1)N1CCCC[C@@H]1CO. The van der Waals surface area contributed by atoms with Crippen LogP contribution < -0.4 is 5.69 Å². The molecular formula is C17H19N3O3. The molecule has 1 fully saturated rings. The van der Waals surface area contributed by atoms with Crippen LogP contribution in [0.4, 0.5) is 0 Å². The number of rotatable bonds is 3. The lowest BCUT2D eigenvalue weighted by Gasteiger charge is -2.34. The van der Waals surface area contributed by atoms with Gasteiger partial charge in [-0.25, -0.2) is 9.78 Å². The lowest BCUT2D eigenvalue weighted by molar-refractivity contribution is 0.0503. The molecule has 120 valence electrons. The zero-order valence-corrected chi connectivity index (χ0v) is 12.7. The number of piperidine rings is 1. The van der Waals surface area contributed by atoms with Crippen LogP contribution in [0.1, 0.15) is 29.6 Å². The summed E-state index contributed by atoms with van der Waals surface area (Å²) in [5, 5.41) is 9.44. The highest BCUT2D eigenvalue weighted by molar-refractivity contribution is 5.95. The van der Waals surface area contributed by atoms with Gasteiger partial charge in [0.2, 0.25) is 0 Å². The third-order valence-electron chi connectivity index (χ3n) is 4.24. The molecule has 0 spiro atoms. The predicted octanol–water partition coefficient (Wildman–Crippen LogP) is 1.42. The maximum atomic E-state index is 12.6. The number of nitrogens with zero attached hydrogens (tertiary/aromatic N) is 2. The van der Waals surface area contributed by atoms with Crippen molar-refractivity contribution >= 4 is 5.91 Å². The summed E-state index contributed by atoms with van der Waals surface area (Å²) in [4.78, 5) is 31.6. The first-order chi connectivity index (χ1) is 11.2. The third kappa shape index (κ3) is 3.32. The van der Waals surface area contributed by atoms with E-state index in [0.29, 0.717) is 12.1 Å². The highest BCUT2D eigenvalue weighted by Crippen LogP contribution is 2.22. The Balaban J connectivity index is 1.79. The molecule has 1 aromatic carbocycles. The van der Waals surface area contributed by atoms with Crippen LogP contribution in [-0.2, 0) is 0 Å². The quantitative estimate of drug-likeness (QED) is 0.897. The molecule has 0 saturated carbocycles. The zero-order valence-electron chi connectivity index (χ0n) is 12.7. The molecule has 1 aliphatic heterocycles. The van der Waals surface area contributed by atoms with E-state index in [0.717, 1.165) is 30.4 Å². The number of amides is 1. The van der Waals surface area contributed by atoms with Crippen LogP contribution in [-0.4, -0.2) is 45.1 Å². The number of aromatic amines is 1. The van der Waals surface area contributed by atoms with Gasteiger partial charge in [-0.2, -0.15) is 0 Å². The molecule has 0 unspecified atom stereocenters. The van der Waals surface area contributed by atoms with Crippen molar-refractivity contribution < 1.29 is 9.90 Å². The van der Waals surface area contributed by atoms with Crippen LogP contribution in [0.2, 0.25) is 0 Å². The number of aromatic nitrogens is 2. The minimum atomic E-state index is -0.388. The van der Waals surface area contributed by atoms with Gasteiger partial charge in [0.15, 0.2) is 0 Å². The standard InChI is InChI=1S/C17H19N3O3/c21-11-15-3-1-2-8-20(15)16(22)13-6-4-12(5-7-13)14-9-18-17(23)19-10-14/h4-7,9-10,15,21H,1-3,8,11H2,(H,18,19,23)/t15-/m1/s1. The number of benzene rings is 1. The molecule has 23 heavy (non-hydrogen) atoms. The molecule has 0 aliphatic carbocycles. The van der Waals surface area contributed by atoms with Gasteiger partial charge in [0.1, 0.15) is 0 Å². The number of H-pyrrole nitrogens is 1. The van der Waals surface area contributed by atoms with Gasteiger partial charge in [0, 0.05) is 30.1 Å². The number of carbonyl (C=O) groups is 1. The van der Waals surface area contributed by atoms with E-state index in [1.165, 1.54) is 6.20 Å². The summed E-state index contributed by atoms with van der Waals surface area (Å²) in [5.41, 5.74) is 1.88. The van der Waals surface area contributed by atoms with E-state index in [1.54, 1.807) is 23.2 Å². The Morgan fingerprint density at radius 2 is 2.04 bits per heavy atom. The molecule has 0 bridgehead atoms. The van der Waals surface area contributed by atoms with Gasteiger partial charge >= 0.3 is 5.69 Å². The first-order valence-electron chi connectivity index (χ1n) is 7.76. The summed E-state index contributed by atoms with van der Waals surface area (Å²) >= 11 is 0. The van der Waals surface area contributed by atoms with Crippen LogP contribution in [0.5, 0.6) is 0 Å². The largest absolute Gasteiger partial charge is 0.394 e. The molecule has 1 atom stereocenters. The van der Waals surface area contributed by atoms with E-state index in [-0.39, 0.29) is 24.2 Å². The third-order valence-corrected chi connectivity index (χ3v) is 4.24. The van der Waals surface area contributed by atoms with Gasteiger partial charge in [0.05, 0.1) is 12.6 Å². The summed E-state index contributed by atoms with van der Waals surface area (Å²) in [7, 11) is 0. The van der Waals surface area contributed by atoms with E-state index in [9.17, 15) is 14.7 Å². The highest BCUT2D eigenvalue weighted by Gasteiger charge is 2.26. The van der Waals surface area contributed by atoms with Crippen molar-refractivity contribution in [3.05, 3.63) is 52.7 Å². The smallest absolute Gasteiger partial charge is 0.344 e. The number of aliphatic hydroxyl groups excluding tert-OH is 1. The number of carbonyl (C=O) groups excluding carboxylic acids is 1. The van der Waals surface area contributed by atoms with Crippen LogP contribution in [0.3, 0.4) is 0 Å². The van der Waals surface area contributed by atoms with E-state index >= 15 is 0 Å². The zero-order chi connectivity index (χ0) is 16.2. The molecule has 1 aliphatic rings. The topological polar surface area (TPSA) is 86.3 Å². The Bertz CT molecular complexity index is 719. The van der Waals surface area contributed by atoms with Gasteiger partial charge in [-0.05, 0) is 37.0 Å². The van der Waals surface area contributed by atoms with Crippen molar-refractivity contribution in [3.63, 3.8) is 0 Å². The van der Waals surface area contributed by atoms with Gasteiger partial charge in [-0.1, -0.05) is 12.1 Å². The molecule has 2 heterocycles. The normalized spacial score (nSPS) is 18.0. The molecule has 0 radical (unpaired) electrons. The second kappa shape index (κ2) is 6.75. The molecule has 2 N–H and O–H groups in total. The summed E-state index contributed by atoms with van der Waals surface area (Å²) in [6.07, 6.45) is 5.97. The van der Waals surface area contributed by atoms with E-state index < -0.39 is 0 Å². The first-order valence-corrected chi connectivity index (χ1v) is 7.76. The second-order valence-electron chi connectivity index (χ2n) is 5.72. The highest BCUT2D eigenvalue weighted by atomic mass is 16.3. The lowest BCUT2D eigenvalue weighted by atomic mass is 10.0. The molecule has 1 saturated heterocycles. The van der Waals surface area contributed by atoms with E-state index in [4.69, 9.17) is 0 Å². The Hall–Kier alpha value is -2.47. The predicted molar refractivity (Wildman–Crippen MR) is 86.1 cm³/mol. The van der Waals surface area contributed by atoms with E-state index in [2.05, 4.69) is 9.97 Å². The number of likely N-dealkylation sites (tertiary alicyclic amines) is 1. The van der Waals surface area contributed by atoms with Crippen LogP contribution >= 0.6 is 0 Å². The Morgan fingerprint density at radius 1 is 1.26 bits per heavy atom. The van der Waals surface area contributed by atoms with Crippen molar-refractivity contribution in [3.8, 4) is 11.1 Å². The average molecular weight is 313 g/mol. The fourth-order valence-corrected chi connectivity index (χ4v) is 2.93. The molecular weight excluding hydrogens is 294 g/mol. The molecule has 6 nitrogen and oxygen atoms in total. The van der Waals surface area contributed by atoms with Crippen LogP contribution in [0, 0.1) is 0 Å². The van der Waals surface area contributed by atoms with Crippen molar-refractivity contribution in [2.24, 2.45) is 0 Å². The van der Waals surface area contributed by atoms with Crippen LogP contribution in [0.25, 0.3) is 11.1 Å². The lowest BCUT2D eigenvalue weighted by Crippen LogP contribution is -2.45. The van der Waals surface area contributed by atoms with Gasteiger partial charge in [-0.3, -0.25) is 4.79 Å². The van der Waals surface area contributed by atoms with Gasteiger partial charge in [0.25, 0.3) is 5.91 Å². The van der Waals surface area contributed by atoms with Crippen molar-refractivity contribution in [1.29, 1.82) is 0 Å². The molecule has 1 amide bonds.